The van der Waals surface area contributed by atoms with E-state index < -0.39 is 0 Å². The summed E-state index contributed by atoms with van der Waals surface area (Å²) < 4.78 is 1.79. The molecule has 4 nitrogen and oxygen atoms in total. The Labute approximate surface area is 111 Å². The minimum Gasteiger partial charge on any atom is -0.398 e. The van der Waals surface area contributed by atoms with Crippen LogP contribution in [0.1, 0.15) is 12.7 Å². The van der Waals surface area contributed by atoms with Crippen LogP contribution in [0.15, 0.2) is 36.4 Å². The zero-order valence-corrected chi connectivity index (χ0v) is 11.1. The van der Waals surface area contributed by atoms with Crippen molar-refractivity contribution in [1.29, 1.82) is 0 Å². The van der Waals surface area contributed by atoms with Gasteiger partial charge in [0.2, 0.25) is 0 Å². The van der Waals surface area contributed by atoms with E-state index in [1.54, 1.807) is 4.68 Å². The molecule has 0 bridgehead atoms. The maximum absolute atomic E-state index is 6.16. The number of anilines is 1. The fraction of sp³-hybridized carbons (Fsp3) is 0.200. The molecule has 0 amide bonds. The molecule has 19 heavy (non-hydrogen) atoms. The SMILES string of the molecule is CCc1nc(-c2cc3ccccc3cc2N)n(C)n1. The van der Waals surface area contributed by atoms with Gasteiger partial charge in [-0.1, -0.05) is 31.2 Å². The van der Waals surface area contributed by atoms with Gasteiger partial charge in [-0.2, -0.15) is 5.10 Å². The van der Waals surface area contributed by atoms with Crippen LogP contribution in [0, 0.1) is 0 Å². The Hall–Kier alpha value is -2.36. The zero-order chi connectivity index (χ0) is 13.4. The Kier molecular flexibility index (Phi) is 2.71. The van der Waals surface area contributed by atoms with Gasteiger partial charge in [0.05, 0.1) is 0 Å². The van der Waals surface area contributed by atoms with Gasteiger partial charge in [0.25, 0.3) is 0 Å². The number of fused-ring (bicyclic) bond motifs is 1. The van der Waals surface area contributed by atoms with Crippen molar-refractivity contribution < 1.29 is 0 Å². The topological polar surface area (TPSA) is 56.7 Å². The number of aromatic nitrogens is 3. The molecule has 2 N–H and O–H groups in total. The molecule has 0 aliphatic heterocycles. The number of nitrogens with zero attached hydrogens (tertiary/aromatic N) is 3. The van der Waals surface area contributed by atoms with Gasteiger partial charge >= 0.3 is 0 Å². The predicted octanol–water partition coefficient (Wildman–Crippen LogP) is 2.78. The summed E-state index contributed by atoms with van der Waals surface area (Å²) in [5, 5.41) is 6.68. The number of hydrogen-bond acceptors (Lipinski definition) is 3. The predicted molar refractivity (Wildman–Crippen MR) is 77.7 cm³/mol. The van der Waals surface area contributed by atoms with E-state index in [4.69, 9.17) is 5.73 Å². The average Bonchev–Trinajstić information content (AvgIpc) is 2.79. The lowest BCUT2D eigenvalue weighted by Crippen LogP contribution is -1.98. The number of rotatable bonds is 2. The molecular weight excluding hydrogens is 236 g/mol. The first-order valence-corrected chi connectivity index (χ1v) is 6.37. The summed E-state index contributed by atoms with van der Waals surface area (Å²) in [5.74, 6) is 1.66. The molecule has 4 heteroatoms. The Morgan fingerprint density at radius 3 is 2.47 bits per heavy atom. The highest BCUT2D eigenvalue weighted by atomic mass is 15.3. The number of hydrogen-bond donors (Lipinski definition) is 1. The molecule has 0 radical (unpaired) electrons. The van der Waals surface area contributed by atoms with Gasteiger partial charge in [-0.3, -0.25) is 0 Å². The third-order valence-electron chi connectivity index (χ3n) is 3.28. The van der Waals surface area contributed by atoms with Gasteiger partial charge < -0.3 is 5.73 Å². The lowest BCUT2D eigenvalue weighted by molar-refractivity contribution is 0.753. The van der Waals surface area contributed by atoms with E-state index in [0.717, 1.165) is 40.1 Å². The van der Waals surface area contributed by atoms with Crippen LogP contribution in [0.3, 0.4) is 0 Å². The van der Waals surface area contributed by atoms with Crippen molar-refractivity contribution in [3.8, 4) is 11.4 Å². The fourth-order valence-corrected chi connectivity index (χ4v) is 2.27. The summed E-state index contributed by atoms with van der Waals surface area (Å²) in [6, 6.07) is 12.2. The van der Waals surface area contributed by atoms with Crippen LogP contribution in [-0.2, 0) is 13.5 Å². The molecule has 0 fully saturated rings. The number of aryl methyl sites for hydroxylation is 2. The van der Waals surface area contributed by atoms with Crippen LogP contribution in [0.5, 0.6) is 0 Å². The van der Waals surface area contributed by atoms with Gasteiger partial charge in [0.15, 0.2) is 11.6 Å². The van der Waals surface area contributed by atoms with Crippen LogP contribution in [-0.4, -0.2) is 14.8 Å². The van der Waals surface area contributed by atoms with Gasteiger partial charge in [-0.15, -0.1) is 0 Å². The molecule has 3 aromatic rings. The highest BCUT2D eigenvalue weighted by Gasteiger charge is 2.12. The van der Waals surface area contributed by atoms with Crippen molar-refractivity contribution in [1.82, 2.24) is 14.8 Å². The number of nitrogen functional groups attached to an aromatic ring is 1. The third kappa shape index (κ3) is 1.95. The molecule has 0 saturated carbocycles. The van der Waals surface area contributed by atoms with Crippen molar-refractivity contribution in [2.24, 2.45) is 7.05 Å². The van der Waals surface area contributed by atoms with Crippen LogP contribution < -0.4 is 5.73 Å². The normalized spacial score (nSPS) is 11.1. The number of benzene rings is 2. The third-order valence-corrected chi connectivity index (χ3v) is 3.28. The van der Waals surface area contributed by atoms with Crippen LogP contribution in [0.2, 0.25) is 0 Å². The van der Waals surface area contributed by atoms with E-state index in [0.29, 0.717) is 0 Å². The zero-order valence-electron chi connectivity index (χ0n) is 11.1. The van der Waals surface area contributed by atoms with Gasteiger partial charge in [-0.05, 0) is 22.9 Å². The Bertz CT molecular complexity index is 743. The van der Waals surface area contributed by atoms with E-state index in [1.165, 1.54) is 0 Å². The molecule has 0 aliphatic rings. The van der Waals surface area contributed by atoms with E-state index in [2.05, 4.69) is 28.3 Å². The van der Waals surface area contributed by atoms with Crippen molar-refractivity contribution in [3.05, 3.63) is 42.2 Å². The van der Waals surface area contributed by atoms with Crippen LogP contribution in [0.4, 0.5) is 5.69 Å². The molecular formula is C15H16N4. The Morgan fingerprint density at radius 1 is 1.16 bits per heavy atom. The quantitative estimate of drug-likeness (QED) is 0.713. The molecule has 96 valence electrons. The highest BCUT2D eigenvalue weighted by molar-refractivity contribution is 5.92. The second kappa shape index (κ2) is 4.39. The lowest BCUT2D eigenvalue weighted by Gasteiger charge is -2.07. The molecule has 2 aromatic carbocycles. The second-order valence-electron chi connectivity index (χ2n) is 4.62. The first-order chi connectivity index (χ1) is 9.19. The standard InChI is InChI=1S/C15H16N4/c1-3-14-17-15(19(2)18-14)12-8-10-6-4-5-7-11(10)9-13(12)16/h4-9H,3,16H2,1-2H3. The first kappa shape index (κ1) is 11.7. The van der Waals surface area contributed by atoms with E-state index in [9.17, 15) is 0 Å². The molecule has 0 saturated heterocycles. The summed E-state index contributed by atoms with van der Waals surface area (Å²) in [6.07, 6.45) is 0.821. The average molecular weight is 252 g/mol. The smallest absolute Gasteiger partial charge is 0.160 e. The van der Waals surface area contributed by atoms with Crippen molar-refractivity contribution >= 4 is 16.5 Å². The minimum atomic E-state index is 0.733. The lowest BCUT2D eigenvalue weighted by atomic mass is 10.0. The maximum atomic E-state index is 6.16. The largest absolute Gasteiger partial charge is 0.398 e. The Morgan fingerprint density at radius 2 is 1.84 bits per heavy atom. The Balaban J connectivity index is 2.23. The van der Waals surface area contributed by atoms with Gasteiger partial charge in [0, 0.05) is 24.7 Å². The minimum absolute atomic E-state index is 0.733. The molecule has 0 spiro atoms. The van der Waals surface area contributed by atoms with Crippen molar-refractivity contribution in [2.45, 2.75) is 13.3 Å². The molecule has 1 aromatic heterocycles. The van der Waals surface area contributed by atoms with Gasteiger partial charge in [0.1, 0.15) is 0 Å². The summed E-state index contributed by atoms with van der Waals surface area (Å²) >= 11 is 0. The maximum Gasteiger partial charge on any atom is 0.160 e. The second-order valence-corrected chi connectivity index (χ2v) is 4.62. The summed E-state index contributed by atoms with van der Waals surface area (Å²) in [4.78, 5) is 4.54. The molecule has 0 atom stereocenters. The van der Waals surface area contributed by atoms with Crippen LogP contribution in [0.25, 0.3) is 22.2 Å². The highest BCUT2D eigenvalue weighted by Crippen LogP contribution is 2.29. The fourth-order valence-electron chi connectivity index (χ4n) is 2.27. The molecule has 0 unspecified atom stereocenters. The monoisotopic (exact) mass is 252 g/mol. The molecule has 0 aliphatic carbocycles. The summed E-state index contributed by atoms with van der Waals surface area (Å²) in [6.45, 7) is 2.04. The van der Waals surface area contributed by atoms with E-state index in [1.807, 2.05) is 32.2 Å². The van der Waals surface area contributed by atoms with Crippen molar-refractivity contribution in [2.75, 3.05) is 5.73 Å². The van der Waals surface area contributed by atoms with Crippen molar-refractivity contribution in [3.63, 3.8) is 0 Å². The molecule has 1 heterocycles. The van der Waals surface area contributed by atoms with E-state index in [-0.39, 0.29) is 0 Å². The van der Waals surface area contributed by atoms with E-state index >= 15 is 0 Å². The first-order valence-electron chi connectivity index (χ1n) is 6.37. The van der Waals surface area contributed by atoms with Gasteiger partial charge in [-0.25, -0.2) is 9.67 Å². The summed E-state index contributed by atoms with van der Waals surface area (Å²) in [7, 11) is 1.90. The number of nitrogens with two attached hydrogens (primary N) is 1. The summed E-state index contributed by atoms with van der Waals surface area (Å²) in [5.41, 5.74) is 7.83. The molecule has 3 rings (SSSR count). The van der Waals surface area contributed by atoms with Crippen LogP contribution >= 0.6 is 0 Å².